The maximum atomic E-state index is 12.7. The third kappa shape index (κ3) is 6.56. The maximum absolute atomic E-state index is 12.7. The van der Waals surface area contributed by atoms with E-state index in [9.17, 15) is 13.2 Å². The number of benzene rings is 2. The number of aryl methyl sites for hydroxylation is 3. The number of amides is 1. The molecule has 174 valence electrons. The molecule has 0 radical (unpaired) electrons. The summed E-state index contributed by atoms with van der Waals surface area (Å²) in [7, 11) is -3.61. The SMILES string of the molecule is Cc1cc(C)c(N(CC(=O)NCc2cccc(CN3CCCCC3)c2)S(C)(=O)=O)c(C)c1. The lowest BCUT2D eigenvalue weighted by atomic mass is 10.1. The van der Waals surface area contributed by atoms with Gasteiger partial charge in [-0.2, -0.15) is 0 Å². The van der Waals surface area contributed by atoms with Crippen LogP contribution in [0.2, 0.25) is 0 Å². The van der Waals surface area contributed by atoms with Crippen LogP contribution in [0.3, 0.4) is 0 Å². The van der Waals surface area contributed by atoms with Crippen molar-refractivity contribution in [2.75, 3.05) is 30.2 Å². The summed E-state index contributed by atoms with van der Waals surface area (Å²) < 4.78 is 26.2. The summed E-state index contributed by atoms with van der Waals surface area (Å²) in [5.41, 5.74) is 5.57. The van der Waals surface area contributed by atoms with Crippen molar-refractivity contribution < 1.29 is 13.2 Å². The van der Waals surface area contributed by atoms with Gasteiger partial charge in [0.05, 0.1) is 11.9 Å². The molecule has 1 N–H and O–H groups in total. The number of nitrogens with zero attached hydrogens (tertiary/aromatic N) is 2. The molecule has 0 aliphatic carbocycles. The predicted molar refractivity (Wildman–Crippen MR) is 130 cm³/mol. The van der Waals surface area contributed by atoms with Crippen LogP contribution in [0.25, 0.3) is 0 Å². The fourth-order valence-corrected chi connectivity index (χ4v) is 5.50. The van der Waals surface area contributed by atoms with E-state index in [1.807, 2.05) is 45.0 Å². The van der Waals surface area contributed by atoms with Crippen LogP contribution in [0.1, 0.15) is 47.1 Å². The predicted octanol–water partition coefficient (Wildman–Crippen LogP) is 3.68. The minimum Gasteiger partial charge on any atom is -0.350 e. The van der Waals surface area contributed by atoms with Gasteiger partial charge >= 0.3 is 0 Å². The number of hydrogen-bond acceptors (Lipinski definition) is 4. The topological polar surface area (TPSA) is 69.7 Å². The highest BCUT2D eigenvalue weighted by atomic mass is 32.2. The van der Waals surface area contributed by atoms with Crippen molar-refractivity contribution in [2.24, 2.45) is 0 Å². The van der Waals surface area contributed by atoms with Gasteiger partial charge in [-0.3, -0.25) is 14.0 Å². The van der Waals surface area contributed by atoms with Crippen molar-refractivity contribution in [3.63, 3.8) is 0 Å². The zero-order valence-corrected chi connectivity index (χ0v) is 20.5. The van der Waals surface area contributed by atoms with Gasteiger partial charge in [0.1, 0.15) is 6.54 Å². The Morgan fingerprint density at radius 1 is 1.00 bits per heavy atom. The van der Waals surface area contributed by atoms with Gasteiger partial charge in [-0.15, -0.1) is 0 Å². The molecule has 3 rings (SSSR count). The van der Waals surface area contributed by atoms with Crippen molar-refractivity contribution in [1.82, 2.24) is 10.2 Å². The molecule has 0 atom stereocenters. The van der Waals surface area contributed by atoms with Gasteiger partial charge in [0.2, 0.25) is 15.9 Å². The molecule has 0 spiro atoms. The molecule has 2 aromatic rings. The molecule has 1 fully saturated rings. The fraction of sp³-hybridized carbons (Fsp3) is 0.480. The fourth-order valence-electron chi connectivity index (χ4n) is 4.53. The molecule has 0 saturated carbocycles. The quantitative estimate of drug-likeness (QED) is 0.657. The second kappa shape index (κ2) is 10.5. The molecule has 0 unspecified atom stereocenters. The first-order chi connectivity index (χ1) is 15.1. The van der Waals surface area contributed by atoms with E-state index in [2.05, 4.69) is 22.3 Å². The number of carbonyl (C=O) groups excluding carboxylic acids is 1. The molecule has 2 aromatic carbocycles. The number of sulfonamides is 1. The molecule has 0 aromatic heterocycles. The van der Waals surface area contributed by atoms with Crippen LogP contribution >= 0.6 is 0 Å². The molecule has 1 aliphatic rings. The van der Waals surface area contributed by atoms with Crippen LogP contribution in [0.15, 0.2) is 36.4 Å². The van der Waals surface area contributed by atoms with E-state index in [1.54, 1.807) is 0 Å². The summed E-state index contributed by atoms with van der Waals surface area (Å²) in [6.45, 7) is 9.06. The zero-order valence-electron chi connectivity index (χ0n) is 19.6. The molecule has 6 nitrogen and oxygen atoms in total. The number of anilines is 1. The molecular formula is C25H35N3O3S. The van der Waals surface area contributed by atoms with E-state index in [1.165, 1.54) is 29.1 Å². The zero-order chi connectivity index (χ0) is 23.3. The Bertz CT molecular complexity index is 1040. The first-order valence-corrected chi connectivity index (χ1v) is 13.1. The highest BCUT2D eigenvalue weighted by molar-refractivity contribution is 7.92. The molecule has 7 heteroatoms. The van der Waals surface area contributed by atoms with Gasteiger partial charge in [-0.05, 0) is 69.0 Å². The van der Waals surface area contributed by atoms with Crippen molar-refractivity contribution in [3.8, 4) is 0 Å². The summed E-state index contributed by atoms with van der Waals surface area (Å²) in [4.78, 5) is 15.2. The Balaban J connectivity index is 1.66. The average molecular weight is 458 g/mol. The number of nitrogens with one attached hydrogen (secondary N) is 1. The molecule has 1 saturated heterocycles. The largest absolute Gasteiger partial charge is 0.350 e. The average Bonchev–Trinajstić information content (AvgIpc) is 2.71. The Morgan fingerprint density at radius 3 is 2.25 bits per heavy atom. The smallest absolute Gasteiger partial charge is 0.241 e. The second-order valence-electron chi connectivity index (χ2n) is 8.95. The van der Waals surface area contributed by atoms with E-state index in [0.29, 0.717) is 12.2 Å². The van der Waals surface area contributed by atoms with Gasteiger partial charge in [0.25, 0.3) is 0 Å². The Kier molecular flexibility index (Phi) is 7.96. The van der Waals surface area contributed by atoms with Gasteiger partial charge in [0, 0.05) is 13.1 Å². The highest BCUT2D eigenvalue weighted by Gasteiger charge is 2.24. The number of piperidine rings is 1. The normalized spacial score (nSPS) is 14.9. The minimum absolute atomic E-state index is 0.239. The van der Waals surface area contributed by atoms with Crippen LogP contribution in [0, 0.1) is 20.8 Å². The number of hydrogen-bond donors (Lipinski definition) is 1. The molecular weight excluding hydrogens is 422 g/mol. The molecule has 1 amide bonds. The summed E-state index contributed by atoms with van der Waals surface area (Å²) in [6, 6.07) is 12.1. The van der Waals surface area contributed by atoms with Gasteiger partial charge in [0.15, 0.2) is 0 Å². The van der Waals surface area contributed by atoms with Crippen molar-refractivity contribution in [3.05, 3.63) is 64.2 Å². The van der Waals surface area contributed by atoms with E-state index < -0.39 is 10.0 Å². The lowest BCUT2D eigenvalue weighted by molar-refractivity contribution is -0.119. The lowest BCUT2D eigenvalue weighted by Crippen LogP contribution is -2.40. The van der Waals surface area contributed by atoms with Crippen LogP contribution in [-0.4, -0.2) is 45.1 Å². The molecule has 32 heavy (non-hydrogen) atoms. The third-order valence-corrected chi connectivity index (χ3v) is 7.02. The number of carbonyl (C=O) groups is 1. The first-order valence-electron chi connectivity index (χ1n) is 11.3. The van der Waals surface area contributed by atoms with Crippen molar-refractivity contribution in [1.29, 1.82) is 0 Å². The Morgan fingerprint density at radius 2 is 1.62 bits per heavy atom. The monoisotopic (exact) mass is 457 g/mol. The summed E-state index contributed by atoms with van der Waals surface area (Å²) >= 11 is 0. The van der Waals surface area contributed by atoms with Crippen LogP contribution in [0.4, 0.5) is 5.69 Å². The first kappa shape index (κ1) is 24.3. The van der Waals surface area contributed by atoms with Crippen molar-refractivity contribution in [2.45, 2.75) is 53.1 Å². The number of rotatable bonds is 8. The van der Waals surface area contributed by atoms with Crippen LogP contribution in [0.5, 0.6) is 0 Å². The third-order valence-electron chi connectivity index (χ3n) is 5.91. The number of likely N-dealkylation sites (tertiary alicyclic amines) is 1. The van der Waals surface area contributed by atoms with Gasteiger partial charge in [-0.25, -0.2) is 8.42 Å². The van der Waals surface area contributed by atoms with Gasteiger partial charge < -0.3 is 5.32 Å². The second-order valence-corrected chi connectivity index (χ2v) is 10.9. The summed E-state index contributed by atoms with van der Waals surface area (Å²) in [5, 5.41) is 2.89. The summed E-state index contributed by atoms with van der Waals surface area (Å²) in [6.07, 6.45) is 4.97. The maximum Gasteiger partial charge on any atom is 0.241 e. The Labute approximate surface area is 192 Å². The van der Waals surface area contributed by atoms with E-state index >= 15 is 0 Å². The van der Waals surface area contributed by atoms with Crippen molar-refractivity contribution >= 4 is 21.6 Å². The molecule has 1 aliphatic heterocycles. The van der Waals surface area contributed by atoms with E-state index in [4.69, 9.17) is 0 Å². The van der Waals surface area contributed by atoms with E-state index in [0.717, 1.165) is 48.1 Å². The van der Waals surface area contributed by atoms with Crippen LogP contribution in [-0.2, 0) is 27.9 Å². The molecule has 1 heterocycles. The highest BCUT2D eigenvalue weighted by Crippen LogP contribution is 2.28. The summed E-state index contributed by atoms with van der Waals surface area (Å²) in [5.74, 6) is -0.323. The van der Waals surface area contributed by atoms with Crippen LogP contribution < -0.4 is 9.62 Å². The molecule has 0 bridgehead atoms. The lowest BCUT2D eigenvalue weighted by Gasteiger charge is -2.26. The van der Waals surface area contributed by atoms with E-state index in [-0.39, 0.29) is 12.5 Å². The van der Waals surface area contributed by atoms with Gasteiger partial charge in [-0.1, -0.05) is 48.4 Å². The Hall–Kier alpha value is -2.38. The standard InChI is InChI=1S/C25H35N3O3S/c1-19-13-20(2)25(21(3)14-19)28(32(4,30)31)18-24(29)26-16-22-9-8-10-23(15-22)17-27-11-6-5-7-12-27/h8-10,13-15H,5-7,11-12,16-18H2,1-4H3,(H,26,29). The minimum atomic E-state index is -3.61.